The predicted octanol–water partition coefficient (Wildman–Crippen LogP) is 4.44. The fourth-order valence-corrected chi connectivity index (χ4v) is 3.48. The first kappa shape index (κ1) is 15.5. The van der Waals surface area contributed by atoms with Gasteiger partial charge in [-0.2, -0.15) is 0 Å². The summed E-state index contributed by atoms with van der Waals surface area (Å²) in [5.74, 6) is 2.04. The largest absolute Gasteiger partial charge is 0.508 e. The highest BCUT2D eigenvalue weighted by Gasteiger charge is 2.44. The lowest BCUT2D eigenvalue weighted by atomic mass is 9.77. The van der Waals surface area contributed by atoms with Crippen LogP contribution in [0.1, 0.15) is 16.7 Å². The second-order valence-corrected chi connectivity index (χ2v) is 5.90. The van der Waals surface area contributed by atoms with Crippen molar-refractivity contribution in [3.63, 3.8) is 0 Å². The summed E-state index contributed by atoms with van der Waals surface area (Å²) in [6.07, 6.45) is 0. The van der Waals surface area contributed by atoms with Gasteiger partial charge in [-0.25, -0.2) is 0 Å². The lowest BCUT2D eigenvalue weighted by molar-refractivity contribution is 0.0497. The molecule has 0 saturated heterocycles. The Morgan fingerprint density at radius 1 is 0.840 bits per heavy atom. The van der Waals surface area contributed by atoms with E-state index in [4.69, 9.17) is 14.2 Å². The third kappa shape index (κ3) is 2.26. The summed E-state index contributed by atoms with van der Waals surface area (Å²) in [4.78, 5) is 0. The molecule has 1 aliphatic rings. The van der Waals surface area contributed by atoms with Crippen LogP contribution in [0, 0.1) is 0 Å². The van der Waals surface area contributed by atoms with Crippen LogP contribution in [0.2, 0.25) is 0 Å². The van der Waals surface area contributed by atoms with Gasteiger partial charge in [0.1, 0.15) is 23.0 Å². The summed E-state index contributed by atoms with van der Waals surface area (Å²) < 4.78 is 17.5. The molecule has 1 heterocycles. The summed E-state index contributed by atoms with van der Waals surface area (Å²) in [6.45, 7) is 0. The standard InChI is InChI=1S/C21H18O4/c1-23-16-9-11-18-20(13-16)25-19-12-15(22)8-10-17(19)21(18,24-2)14-6-4-3-5-7-14/h3-13,22H,1-2H3. The van der Waals surface area contributed by atoms with E-state index in [9.17, 15) is 5.11 Å². The zero-order chi connectivity index (χ0) is 17.4. The number of ether oxygens (including phenoxy) is 3. The number of phenolic OH excluding ortho intramolecular Hbond substituents is 1. The highest BCUT2D eigenvalue weighted by atomic mass is 16.5. The zero-order valence-corrected chi connectivity index (χ0v) is 14.0. The van der Waals surface area contributed by atoms with Crippen molar-refractivity contribution >= 4 is 0 Å². The first-order valence-corrected chi connectivity index (χ1v) is 7.99. The van der Waals surface area contributed by atoms with Crippen molar-refractivity contribution in [1.29, 1.82) is 0 Å². The molecule has 3 aromatic carbocycles. The lowest BCUT2D eigenvalue weighted by Gasteiger charge is -2.39. The summed E-state index contributed by atoms with van der Waals surface area (Å²) in [5.41, 5.74) is 1.89. The molecule has 0 spiro atoms. The van der Waals surface area contributed by atoms with Gasteiger partial charge in [-0.05, 0) is 29.8 Å². The van der Waals surface area contributed by atoms with Crippen molar-refractivity contribution in [2.75, 3.05) is 14.2 Å². The Morgan fingerprint density at radius 2 is 1.52 bits per heavy atom. The number of phenols is 1. The molecule has 0 radical (unpaired) electrons. The van der Waals surface area contributed by atoms with Gasteiger partial charge in [0.15, 0.2) is 5.60 Å². The van der Waals surface area contributed by atoms with E-state index in [1.165, 1.54) is 0 Å². The van der Waals surface area contributed by atoms with Crippen LogP contribution in [-0.2, 0) is 10.3 Å². The van der Waals surface area contributed by atoms with Gasteiger partial charge in [0.05, 0.1) is 7.11 Å². The predicted molar refractivity (Wildman–Crippen MR) is 94.5 cm³/mol. The summed E-state index contributed by atoms with van der Waals surface area (Å²) in [6, 6.07) is 20.8. The first-order chi connectivity index (χ1) is 12.2. The molecule has 1 atom stereocenters. The fourth-order valence-electron chi connectivity index (χ4n) is 3.48. The normalized spacial score (nSPS) is 18.0. The summed E-state index contributed by atoms with van der Waals surface area (Å²) in [5, 5.41) is 9.90. The average Bonchev–Trinajstić information content (AvgIpc) is 2.66. The number of methoxy groups -OCH3 is 2. The van der Waals surface area contributed by atoms with Crippen molar-refractivity contribution in [2.45, 2.75) is 5.60 Å². The second-order valence-electron chi connectivity index (χ2n) is 5.90. The lowest BCUT2D eigenvalue weighted by Crippen LogP contribution is -2.34. The zero-order valence-electron chi connectivity index (χ0n) is 14.0. The van der Waals surface area contributed by atoms with Gasteiger partial charge in [0.2, 0.25) is 0 Å². The van der Waals surface area contributed by atoms with E-state index < -0.39 is 5.60 Å². The number of rotatable bonds is 3. The van der Waals surface area contributed by atoms with Crippen molar-refractivity contribution in [3.8, 4) is 23.0 Å². The maximum absolute atomic E-state index is 9.90. The molecule has 0 fully saturated rings. The SMILES string of the molecule is COc1ccc2c(c1)Oc1cc(O)ccc1C2(OC)c1ccccc1. The van der Waals surface area contributed by atoms with Crippen LogP contribution < -0.4 is 9.47 Å². The van der Waals surface area contributed by atoms with Crippen LogP contribution in [0.3, 0.4) is 0 Å². The van der Waals surface area contributed by atoms with E-state index in [1.807, 2.05) is 54.6 Å². The molecule has 4 heteroatoms. The van der Waals surface area contributed by atoms with Crippen molar-refractivity contribution in [2.24, 2.45) is 0 Å². The minimum atomic E-state index is -0.829. The molecule has 1 aliphatic heterocycles. The molecule has 25 heavy (non-hydrogen) atoms. The Labute approximate surface area is 146 Å². The van der Waals surface area contributed by atoms with Gasteiger partial charge >= 0.3 is 0 Å². The summed E-state index contributed by atoms with van der Waals surface area (Å²) in [7, 11) is 3.30. The van der Waals surface area contributed by atoms with Crippen LogP contribution in [0.5, 0.6) is 23.0 Å². The Bertz CT molecular complexity index is 920. The molecule has 4 rings (SSSR count). The van der Waals surface area contributed by atoms with Crippen LogP contribution in [0.15, 0.2) is 66.7 Å². The Morgan fingerprint density at radius 3 is 2.20 bits per heavy atom. The van der Waals surface area contributed by atoms with Gasteiger partial charge in [-0.1, -0.05) is 30.3 Å². The molecule has 1 unspecified atom stereocenters. The van der Waals surface area contributed by atoms with Gasteiger partial charge in [0.25, 0.3) is 0 Å². The maximum atomic E-state index is 9.90. The molecule has 0 amide bonds. The third-order valence-electron chi connectivity index (χ3n) is 4.62. The first-order valence-electron chi connectivity index (χ1n) is 7.99. The Hall–Kier alpha value is -2.98. The number of hydrogen-bond acceptors (Lipinski definition) is 4. The van der Waals surface area contributed by atoms with Crippen molar-refractivity contribution < 1.29 is 19.3 Å². The second kappa shape index (κ2) is 5.83. The Kier molecular flexibility index (Phi) is 3.62. The van der Waals surface area contributed by atoms with E-state index in [1.54, 1.807) is 26.4 Å². The number of hydrogen-bond donors (Lipinski definition) is 1. The van der Waals surface area contributed by atoms with E-state index in [-0.39, 0.29) is 5.75 Å². The minimum Gasteiger partial charge on any atom is -0.508 e. The molecule has 0 aliphatic carbocycles. The minimum absolute atomic E-state index is 0.142. The molecule has 126 valence electrons. The Balaban J connectivity index is 2.06. The highest BCUT2D eigenvalue weighted by Crippen LogP contribution is 2.53. The van der Waals surface area contributed by atoms with E-state index >= 15 is 0 Å². The third-order valence-corrected chi connectivity index (χ3v) is 4.62. The van der Waals surface area contributed by atoms with Gasteiger partial charge < -0.3 is 19.3 Å². The molecule has 0 bridgehead atoms. The van der Waals surface area contributed by atoms with E-state index in [2.05, 4.69) is 0 Å². The van der Waals surface area contributed by atoms with Gasteiger partial charge in [-0.3, -0.25) is 0 Å². The van der Waals surface area contributed by atoms with E-state index in [0.29, 0.717) is 17.2 Å². The van der Waals surface area contributed by atoms with Crippen LogP contribution in [0.4, 0.5) is 0 Å². The monoisotopic (exact) mass is 334 g/mol. The van der Waals surface area contributed by atoms with Crippen molar-refractivity contribution in [1.82, 2.24) is 0 Å². The number of fused-ring (bicyclic) bond motifs is 2. The van der Waals surface area contributed by atoms with Crippen molar-refractivity contribution in [3.05, 3.63) is 83.4 Å². The average molecular weight is 334 g/mol. The molecular formula is C21H18O4. The number of aromatic hydroxyl groups is 1. The van der Waals surface area contributed by atoms with E-state index in [0.717, 1.165) is 16.7 Å². The van der Waals surface area contributed by atoms with Gasteiger partial charge in [-0.15, -0.1) is 0 Å². The number of benzene rings is 3. The molecule has 0 saturated carbocycles. The van der Waals surface area contributed by atoms with Crippen LogP contribution in [-0.4, -0.2) is 19.3 Å². The van der Waals surface area contributed by atoms with Gasteiger partial charge in [0, 0.05) is 30.4 Å². The summed E-state index contributed by atoms with van der Waals surface area (Å²) >= 11 is 0. The topological polar surface area (TPSA) is 47.9 Å². The highest BCUT2D eigenvalue weighted by molar-refractivity contribution is 5.63. The van der Waals surface area contributed by atoms with Crippen LogP contribution >= 0.6 is 0 Å². The molecular weight excluding hydrogens is 316 g/mol. The van der Waals surface area contributed by atoms with Crippen LogP contribution in [0.25, 0.3) is 0 Å². The molecule has 1 N–H and O–H groups in total. The molecule has 0 aromatic heterocycles. The molecule has 3 aromatic rings. The maximum Gasteiger partial charge on any atom is 0.150 e. The smallest absolute Gasteiger partial charge is 0.150 e. The fraction of sp³-hybridized carbons (Fsp3) is 0.143. The quantitative estimate of drug-likeness (QED) is 0.769. The molecule has 4 nitrogen and oxygen atoms in total.